The highest BCUT2D eigenvalue weighted by Gasteiger charge is 2.05. The summed E-state index contributed by atoms with van der Waals surface area (Å²) in [6.45, 7) is 34.8. The normalized spacial score (nSPS) is 16.7. The predicted molar refractivity (Wildman–Crippen MR) is 263 cm³/mol. The Morgan fingerprint density at radius 3 is 1.76 bits per heavy atom. The molecule has 0 spiro atoms. The SMILES string of the molecule is C/C(F)=C(/C)C/C(F)=C\Cc1ccc(C)cc1F.C/C(F)=C(C)\C(F)=C/C/C1=C/C=CC(C)/C=C\CC1.C/C(F)=C\C(C)C.C=C(/C=C\C(C)=C(/C)F)/C=C(/C)F.CC.CC.CC. The lowest BCUT2D eigenvalue weighted by atomic mass is 10.0. The first kappa shape index (κ1) is 67.6. The molecule has 0 nitrogen and oxygen atoms in total. The standard InChI is InChI=1S/C17H22F2.C15H17F3.C11H14F2.C6H11F.3C2H6/c1-13-7-4-5-9-16(10-6-8-13)11-12-17(19)14(2)15(3)18;1-10-4-5-13(15(18)8-10)6-7-14(17)9-11(2)12(3)16;1-8(7-10(3)12)5-6-9(2)11(4)13;1-5(2)4-6(3)7;3*1-2/h4,6-8,10,12-13H,5,9,11H2,1-3H3;4-5,7-8H,6,9H2,1-3H3;5-7H,1H2,2-4H3;4-5H,1-3H3;3*1-2H3/b7-4-,8-6?,15-14+,16-10+,17-12+;12-11+,14-7+;6-5-,10-7-,11-9+;6-4+;;;. The monoisotopic (exact) mass is 895 g/mol. The summed E-state index contributed by atoms with van der Waals surface area (Å²) in [5, 5.41) is 0. The quantitative estimate of drug-likeness (QED) is 0.118. The van der Waals surface area contributed by atoms with Gasteiger partial charge in [-0.3, -0.25) is 0 Å². The topological polar surface area (TPSA) is 0 Å². The Labute approximate surface area is 379 Å². The highest BCUT2D eigenvalue weighted by atomic mass is 19.2. The van der Waals surface area contributed by atoms with E-state index in [1.165, 1.54) is 72.8 Å². The van der Waals surface area contributed by atoms with Crippen molar-refractivity contribution in [2.45, 2.75) is 157 Å². The highest BCUT2D eigenvalue weighted by Crippen LogP contribution is 2.22. The minimum Gasteiger partial charge on any atom is -0.212 e. The van der Waals surface area contributed by atoms with E-state index >= 15 is 0 Å². The molecule has 0 aliphatic heterocycles. The molecule has 0 heterocycles. The van der Waals surface area contributed by atoms with Gasteiger partial charge in [-0.2, -0.15) is 0 Å². The van der Waals surface area contributed by atoms with Gasteiger partial charge in [-0.1, -0.05) is 135 Å². The highest BCUT2D eigenvalue weighted by molar-refractivity contribution is 5.33. The van der Waals surface area contributed by atoms with E-state index in [4.69, 9.17) is 0 Å². The summed E-state index contributed by atoms with van der Waals surface area (Å²) in [5.41, 5.74) is 3.91. The van der Waals surface area contributed by atoms with Crippen LogP contribution in [-0.2, 0) is 6.42 Å². The predicted octanol–water partition coefficient (Wildman–Crippen LogP) is 21.0. The van der Waals surface area contributed by atoms with Crippen molar-refractivity contribution >= 4 is 0 Å². The molecule has 1 atom stereocenters. The molecule has 1 aromatic rings. The number of hydrogen-bond donors (Lipinski definition) is 0. The minimum atomic E-state index is -0.464. The van der Waals surface area contributed by atoms with Gasteiger partial charge in [0.2, 0.25) is 0 Å². The summed E-state index contributed by atoms with van der Waals surface area (Å²) in [6, 6.07) is 4.83. The second kappa shape index (κ2) is 42.8. The van der Waals surface area contributed by atoms with Gasteiger partial charge < -0.3 is 0 Å². The fourth-order valence-corrected chi connectivity index (χ4v) is 4.40. The number of benzene rings is 1. The molecular weight excluding hydrogens is 813 g/mol. The Morgan fingerprint density at radius 1 is 0.746 bits per heavy atom. The van der Waals surface area contributed by atoms with Crippen molar-refractivity contribution in [3.05, 3.63) is 177 Å². The zero-order valence-electron chi connectivity index (χ0n) is 42.0. The van der Waals surface area contributed by atoms with Gasteiger partial charge in [-0.05, 0) is 152 Å². The van der Waals surface area contributed by atoms with Crippen LogP contribution in [0.3, 0.4) is 0 Å². The number of rotatable bonds is 11. The summed E-state index contributed by atoms with van der Waals surface area (Å²) in [7, 11) is 0. The van der Waals surface area contributed by atoms with Crippen molar-refractivity contribution in [1.82, 2.24) is 0 Å². The maximum absolute atomic E-state index is 13.6. The minimum absolute atomic E-state index is 0.0597. The van der Waals surface area contributed by atoms with Crippen LogP contribution in [0.4, 0.5) is 35.1 Å². The molecule has 1 aliphatic carbocycles. The van der Waals surface area contributed by atoms with Crippen LogP contribution in [0.2, 0.25) is 0 Å². The van der Waals surface area contributed by atoms with E-state index in [1.54, 1.807) is 44.2 Å². The molecule has 1 aromatic carbocycles. The van der Waals surface area contributed by atoms with Gasteiger partial charge in [0.1, 0.15) is 23.3 Å². The lowest BCUT2D eigenvalue weighted by Crippen LogP contribution is -1.90. The summed E-state index contributed by atoms with van der Waals surface area (Å²) < 4.78 is 103. The van der Waals surface area contributed by atoms with E-state index in [0.29, 0.717) is 40.5 Å². The molecule has 1 aliphatic rings. The van der Waals surface area contributed by atoms with Gasteiger partial charge in [-0.15, -0.1) is 0 Å². The van der Waals surface area contributed by atoms with Gasteiger partial charge in [0.15, 0.2) is 0 Å². The Morgan fingerprint density at radius 2 is 1.32 bits per heavy atom. The van der Waals surface area contributed by atoms with Crippen LogP contribution in [0.25, 0.3) is 0 Å². The summed E-state index contributed by atoms with van der Waals surface area (Å²) in [5.74, 6) is -1.96. The molecule has 0 saturated carbocycles. The van der Waals surface area contributed by atoms with E-state index in [-0.39, 0.29) is 47.5 Å². The van der Waals surface area contributed by atoms with Crippen LogP contribution in [0.15, 0.2) is 160 Å². The lowest BCUT2D eigenvalue weighted by molar-refractivity contribution is 0.579. The first-order valence-electron chi connectivity index (χ1n) is 22.0. The Hall–Kier alpha value is -4.46. The molecule has 0 saturated heterocycles. The Kier molecular flexibility index (Phi) is 46.0. The van der Waals surface area contributed by atoms with E-state index in [2.05, 4.69) is 31.7 Å². The van der Waals surface area contributed by atoms with Crippen LogP contribution in [0.1, 0.15) is 155 Å². The summed E-state index contributed by atoms with van der Waals surface area (Å²) in [6.07, 6.45) is 21.8. The fraction of sp³-hybridized carbons (Fsp3) is 0.455. The lowest BCUT2D eigenvalue weighted by Gasteiger charge is -2.03. The summed E-state index contributed by atoms with van der Waals surface area (Å²) in [4.78, 5) is 0. The number of hydrogen-bond acceptors (Lipinski definition) is 0. The molecule has 8 heteroatoms. The largest absolute Gasteiger partial charge is 0.212 e. The van der Waals surface area contributed by atoms with E-state index < -0.39 is 17.5 Å². The van der Waals surface area contributed by atoms with E-state index in [0.717, 1.165) is 24.0 Å². The molecule has 63 heavy (non-hydrogen) atoms. The molecular formula is C55H82F8. The van der Waals surface area contributed by atoms with E-state index in [1.807, 2.05) is 67.5 Å². The van der Waals surface area contributed by atoms with Gasteiger partial charge in [0.25, 0.3) is 0 Å². The van der Waals surface area contributed by atoms with Crippen molar-refractivity contribution < 1.29 is 35.1 Å². The second-order valence-corrected chi connectivity index (χ2v) is 14.2. The maximum atomic E-state index is 13.6. The molecule has 358 valence electrons. The van der Waals surface area contributed by atoms with Crippen LogP contribution in [0.5, 0.6) is 0 Å². The van der Waals surface area contributed by atoms with Gasteiger partial charge in [0.05, 0.1) is 23.3 Å². The van der Waals surface area contributed by atoms with Crippen molar-refractivity contribution in [1.29, 1.82) is 0 Å². The maximum Gasteiger partial charge on any atom is 0.126 e. The average molecular weight is 895 g/mol. The fourth-order valence-electron chi connectivity index (χ4n) is 4.40. The molecule has 0 N–H and O–H groups in total. The van der Waals surface area contributed by atoms with Crippen LogP contribution < -0.4 is 0 Å². The van der Waals surface area contributed by atoms with Gasteiger partial charge in [0, 0.05) is 12.0 Å². The molecule has 0 radical (unpaired) electrons. The van der Waals surface area contributed by atoms with Gasteiger partial charge in [-0.25, -0.2) is 35.1 Å². The third-order valence-electron chi connectivity index (χ3n) is 8.05. The molecule has 1 unspecified atom stereocenters. The molecule has 2 rings (SSSR count). The van der Waals surface area contributed by atoms with Crippen LogP contribution in [-0.4, -0.2) is 0 Å². The number of aryl methyl sites for hydroxylation is 1. The molecule has 0 aromatic heterocycles. The number of allylic oxidation sites excluding steroid dienone is 23. The first-order valence-corrected chi connectivity index (χ1v) is 22.0. The van der Waals surface area contributed by atoms with E-state index in [9.17, 15) is 35.1 Å². The molecule has 0 bridgehead atoms. The summed E-state index contributed by atoms with van der Waals surface area (Å²) >= 11 is 0. The molecule has 0 amide bonds. The molecule has 0 fully saturated rings. The van der Waals surface area contributed by atoms with Crippen molar-refractivity contribution in [2.75, 3.05) is 0 Å². The first-order chi connectivity index (χ1) is 29.5. The second-order valence-electron chi connectivity index (χ2n) is 14.2. The zero-order chi connectivity index (χ0) is 50.2. The number of halogens is 8. The Bertz CT molecular complexity index is 1750. The average Bonchev–Trinajstić information content (AvgIpc) is 3.31. The van der Waals surface area contributed by atoms with Crippen molar-refractivity contribution in [3.8, 4) is 0 Å². The van der Waals surface area contributed by atoms with Crippen LogP contribution in [0, 0.1) is 24.6 Å². The third kappa shape index (κ3) is 42.6. The Balaban J connectivity index is -0.000000237. The smallest absolute Gasteiger partial charge is 0.126 e. The van der Waals surface area contributed by atoms with Crippen LogP contribution >= 0.6 is 0 Å². The van der Waals surface area contributed by atoms with Crippen molar-refractivity contribution in [2.24, 2.45) is 11.8 Å². The third-order valence-corrected chi connectivity index (χ3v) is 8.05. The van der Waals surface area contributed by atoms with Gasteiger partial charge >= 0.3 is 0 Å². The zero-order valence-corrected chi connectivity index (χ0v) is 42.0. The van der Waals surface area contributed by atoms with Crippen molar-refractivity contribution in [3.63, 3.8) is 0 Å².